The van der Waals surface area contributed by atoms with Crippen LogP contribution in [0.4, 0.5) is 19.1 Å². The Bertz CT molecular complexity index is 838. The molecule has 0 spiro atoms. The van der Waals surface area contributed by atoms with Gasteiger partial charge >= 0.3 is 6.18 Å². The number of aryl methyl sites for hydroxylation is 1. The van der Waals surface area contributed by atoms with Crippen molar-refractivity contribution in [1.82, 2.24) is 24.9 Å². The van der Waals surface area contributed by atoms with Crippen LogP contribution < -0.4 is 5.32 Å². The Morgan fingerprint density at radius 1 is 1.43 bits per heavy atom. The lowest BCUT2D eigenvalue weighted by Gasteiger charge is -1.99. The first-order chi connectivity index (χ1) is 10.8. The number of rotatable bonds is 3. The molecular weight excluding hydrogens is 337 g/mol. The van der Waals surface area contributed by atoms with Crippen molar-refractivity contribution in [3.05, 3.63) is 29.2 Å². The zero-order valence-corrected chi connectivity index (χ0v) is 12.1. The van der Waals surface area contributed by atoms with Gasteiger partial charge in [-0.3, -0.25) is 10.1 Å². The molecule has 1 N–H and O–H groups in total. The van der Waals surface area contributed by atoms with Crippen LogP contribution in [0.25, 0.3) is 10.8 Å². The number of nitrogens with zero attached hydrogens (tertiary/aromatic N) is 5. The van der Waals surface area contributed by atoms with E-state index in [2.05, 4.69) is 25.5 Å². The number of thiazole rings is 1. The topological polar surface area (TPSA) is 98.7 Å². The molecule has 0 saturated heterocycles. The van der Waals surface area contributed by atoms with Gasteiger partial charge in [-0.05, 0) is 0 Å². The van der Waals surface area contributed by atoms with Crippen LogP contribution in [0, 0.1) is 0 Å². The largest absolute Gasteiger partial charge is 0.453 e. The number of halogens is 3. The average molecular weight is 344 g/mol. The molecule has 0 atom stereocenters. The van der Waals surface area contributed by atoms with E-state index in [9.17, 15) is 18.0 Å². The molecule has 0 bridgehead atoms. The van der Waals surface area contributed by atoms with Crippen LogP contribution in [-0.2, 0) is 13.2 Å². The fourth-order valence-corrected chi connectivity index (χ4v) is 2.19. The van der Waals surface area contributed by atoms with Crippen LogP contribution in [0.3, 0.4) is 0 Å². The molecule has 0 aliphatic heterocycles. The summed E-state index contributed by atoms with van der Waals surface area (Å²) >= 11 is 1.29. The predicted octanol–water partition coefficient (Wildman–Crippen LogP) is 2.20. The van der Waals surface area contributed by atoms with Gasteiger partial charge in [0.15, 0.2) is 16.5 Å². The molecule has 8 nitrogen and oxygen atoms in total. The quantitative estimate of drug-likeness (QED) is 0.782. The molecule has 0 aliphatic rings. The van der Waals surface area contributed by atoms with Gasteiger partial charge in [-0.2, -0.15) is 18.2 Å². The number of nitrogens with one attached hydrogen (secondary N) is 1. The Kier molecular flexibility index (Phi) is 3.60. The Morgan fingerprint density at radius 3 is 2.83 bits per heavy atom. The van der Waals surface area contributed by atoms with Gasteiger partial charge in [-0.15, -0.1) is 16.4 Å². The standard InChI is InChI=1S/C11H7F3N6O2S/c1-20-10(17-9(18-20)11(12,13)14)16-7(21)5-4-6(22-19-5)8-15-2-3-23-8/h2-4H,1H3,(H,16,17,18,21). The number of hydrogen-bond acceptors (Lipinski definition) is 7. The van der Waals surface area contributed by atoms with Gasteiger partial charge < -0.3 is 4.52 Å². The van der Waals surface area contributed by atoms with E-state index in [1.54, 1.807) is 11.6 Å². The number of carbonyl (C=O) groups is 1. The summed E-state index contributed by atoms with van der Waals surface area (Å²) in [5.74, 6) is -2.21. The molecule has 23 heavy (non-hydrogen) atoms. The number of carbonyl (C=O) groups excluding carboxylic acids is 1. The van der Waals surface area contributed by atoms with Crippen LogP contribution in [0.1, 0.15) is 16.3 Å². The molecule has 3 rings (SSSR count). The highest BCUT2D eigenvalue weighted by molar-refractivity contribution is 7.13. The predicted molar refractivity (Wildman–Crippen MR) is 71.6 cm³/mol. The van der Waals surface area contributed by atoms with E-state index in [0.29, 0.717) is 5.01 Å². The molecule has 0 unspecified atom stereocenters. The van der Waals surface area contributed by atoms with E-state index in [1.807, 2.05) is 0 Å². The Balaban J connectivity index is 1.79. The van der Waals surface area contributed by atoms with Crippen molar-refractivity contribution < 1.29 is 22.5 Å². The number of anilines is 1. The van der Waals surface area contributed by atoms with E-state index in [1.165, 1.54) is 24.5 Å². The third kappa shape index (κ3) is 3.06. The molecule has 0 saturated carbocycles. The zero-order valence-electron chi connectivity index (χ0n) is 11.3. The van der Waals surface area contributed by atoms with Crippen LogP contribution in [-0.4, -0.2) is 30.8 Å². The lowest BCUT2D eigenvalue weighted by atomic mass is 10.3. The second-order valence-electron chi connectivity index (χ2n) is 4.25. The first-order valence-electron chi connectivity index (χ1n) is 6.01. The highest BCUT2D eigenvalue weighted by atomic mass is 32.1. The summed E-state index contributed by atoms with van der Waals surface area (Å²) in [4.78, 5) is 19.2. The minimum absolute atomic E-state index is 0.119. The Morgan fingerprint density at radius 2 is 2.22 bits per heavy atom. The summed E-state index contributed by atoms with van der Waals surface area (Å²) in [5.41, 5.74) is -0.119. The van der Waals surface area contributed by atoms with Crippen LogP contribution in [0.15, 0.2) is 22.2 Å². The summed E-state index contributed by atoms with van der Waals surface area (Å²) < 4.78 is 43.3. The van der Waals surface area contributed by atoms with E-state index < -0.39 is 17.9 Å². The second kappa shape index (κ2) is 5.46. The van der Waals surface area contributed by atoms with Gasteiger partial charge in [0.1, 0.15) is 0 Å². The summed E-state index contributed by atoms with van der Waals surface area (Å²) in [6.45, 7) is 0. The lowest BCUT2D eigenvalue weighted by Crippen LogP contribution is -2.15. The third-order valence-electron chi connectivity index (χ3n) is 2.63. The molecule has 120 valence electrons. The van der Waals surface area contributed by atoms with E-state index >= 15 is 0 Å². The fraction of sp³-hybridized carbons (Fsp3) is 0.182. The van der Waals surface area contributed by atoms with Gasteiger partial charge in [0.25, 0.3) is 11.7 Å². The first-order valence-corrected chi connectivity index (χ1v) is 6.88. The zero-order chi connectivity index (χ0) is 16.6. The average Bonchev–Trinajstić information content (AvgIpc) is 3.17. The minimum atomic E-state index is -4.70. The van der Waals surface area contributed by atoms with Crippen LogP contribution >= 0.6 is 11.3 Å². The molecule has 0 fully saturated rings. The molecule has 0 aliphatic carbocycles. The van der Waals surface area contributed by atoms with Crippen molar-refractivity contribution in [2.45, 2.75) is 6.18 Å². The molecule has 0 aromatic carbocycles. The number of hydrogen-bond donors (Lipinski definition) is 1. The summed E-state index contributed by atoms with van der Waals surface area (Å²) in [6.07, 6.45) is -3.15. The van der Waals surface area contributed by atoms with Gasteiger partial charge in [-0.1, -0.05) is 5.16 Å². The van der Waals surface area contributed by atoms with Crippen molar-refractivity contribution in [2.75, 3.05) is 5.32 Å². The molecular formula is C11H7F3N6O2S. The number of alkyl halides is 3. The fourth-order valence-electron chi connectivity index (χ4n) is 1.61. The summed E-state index contributed by atoms with van der Waals surface area (Å²) in [7, 11) is 1.22. The number of aromatic nitrogens is 5. The number of amides is 1. The third-order valence-corrected chi connectivity index (χ3v) is 3.42. The van der Waals surface area contributed by atoms with Crippen molar-refractivity contribution in [1.29, 1.82) is 0 Å². The lowest BCUT2D eigenvalue weighted by molar-refractivity contribution is -0.144. The summed E-state index contributed by atoms with van der Waals surface area (Å²) in [5, 5.41) is 11.2. The molecule has 12 heteroatoms. The second-order valence-corrected chi connectivity index (χ2v) is 5.14. The van der Waals surface area contributed by atoms with E-state index in [4.69, 9.17) is 4.52 Å². The molecule has 3 aromatic heterocycles. The minimum Gasteiger partial charge on any atom is -0.353 e. The maximum absolute atomic E-state index is 12.5. The van der Waals surface area contributed by atoms with Crippen molar-refractivity contribution >= 4 is 23.2 Å². The van der Waals surface area contributed by atoms with E-state index in [-0.39, 0.29) is 17.4 Å². The molecule has 0 radical (unpaired) electrons. The van der Waals surface area contributed by atoms with Crippen molar-refractivity contribution in [3.63, 3.8) is 0 Å². The maximum atomic E-state index is 12.5. The highest BCUT2D eigenvalue weighted by Crippen LogP contribution is 2.27. The maximum Gasteiger partial charge on any atom is 0.453 e. The molecule has 3 aromatic rings. The van der Waals surface area contributed by atoms with E-state index in [0.717, 1.165) is 4.68 Å². The van der Waals surface area contributed by atoms with Gasteiger partial charge in [0, 0.05) is 24.7 Å². The van der Waals surface area contributed by atoms with Gasteiger partial charge in [0.2, 0.25) is 5.95 Å². The van der Waals surface area contributed by atoms with Gasteiger partial charge in [0.05, 0.1) is 0 Å². The Labute approximate surface area is 130 Å². The molecule has 1 amide bonds. The van der Waals surface area contributed by atoms with Crippen LogP contribution in [0.5, 0.6) is 0 Å². The van der Waals surface area contributed by atoms with Crippen LogP contribution in [0.2, 0.25) is 0 Å². The normalized spacial score (nSPS) is 11.7. The molecule has 3 heterocycles. The highest BCUT2D eigenvalue weighted by Gasteiger charge is 2.37. The van der Waals surface area contributed by atoms with Crippen molar-refractivity contribution in [3.8, 4) is 10.8 Å². The monoisotopic (exact) mass is 344 g/mol. The Hall–Kier alpha value is -2.76. The van der Waals surface area contributed by atoms with Gasteiger partial charge in [-0.25, -0.2) is 9.67 Å². The first kappa shape index (κ1) is 15.1. The SMILES string of the molecule is Cn1nc(C(F)(F)F)nc1NC(=O)c1cc(-c2nccs2)on1. The van der Waals surface area contributed by atoms with Crippen molar-refractivity contribution in [2.24, 2.45) is 7.05 Å². The summed E-state index contributed by atoms with van der Waals surface area (Å²) in [6, 6.07) is 1.33. The smallest absolute Gasteiger partial charge is 0.353 e.